The highest BCUT2D eigenvalue weighted by Crippen LogP contribution is 2.26. The zero-order chi connectivity index (χ0) is 22.1. The number of hydrogen-bond donors (Lipinski definition) is 0. The molecule has 1 saturated heterocycles. The molecule has 1 aliphatic heterocycles. The van der Waals surface area contributed by atoms with Gasteiger partial charge in [-0.15, -0.1) is 0 Å². The maximum Gasteiger partial charge on any atom is 0.270 e. The summed E-state index contributed by atoms with van der Waals surface area (Å²) in [6.45, 7) is 3.73. The highest BCUT2D eigenvalue weighted by Gasteiger charge is 2.33. The molecular weight excluding hydrogens is 430 g/mol. The Morgan fingerprint density at radius 3 is 1.97 bits per heavy atom. The Bertz CT molecular complexity index is 1160. The van der Waals surface area contributed by atoms with Crippen LogP contribution in [0, 0.1) is 24.0 Å². The van der Waals surface area contributed by atoms with Gasteiger partial charge in [-0.2, -0.15) is 8.61 Å². The molecule has 0 radical (unpaired) electrons. The van der Waals surface area contributed by atoms with Gasteiger partial charge in [-0.05, 0) is 38.0 Å². The molecule has 0 unspecified atom stereocenters. The largest absolute Gasteiger partial charge is 0.270 e. The first kappa shape index (κ1) is 22.3. The minimum atomic E-state index is -4.00. The lowest BCUT2D eigenvalue weighted by Gasteiger charge is -2.22. The molecule has 1 aliphatic rings. The third kappa shape index (κ3) is 4.38. The molecule has 3 rings (SSSR count). The molecule has 0 N–H and O–H groups in total. The number of nitrogens with zero attached hydrogens (tertiary/aromatic N) is 3. The predicted octanol–water partition coefficient (Wildman–Crippen LogP) is 2.30. The molecule has 0 atom stereocenters. The molecule has 162 valence electrons. The Hall–Kier alpha value is -2.34. The maximum absolute atomic E-state index is 13.1. The first-order valence-corrected chi connectivity index (χ1v) is 12.2. The van der Waals surface area contributed by atoms with Crippen LogP contribution < -0.4 is 0 Å². The SMILES string of the molecule is Cc1ccc(S(=O)(=O)N2CCCN(S(=O)(=O)c3cc([N+](=O)[O-])ccc3C)CC2)cc1. The molecule has 2 aromatic carbocycles. The summed E-state index contributed by atoms with van der Waals surface area (Å²) in [5, 5.41) is 11.1. The molecule has 0 amide bonds. The molecular formula is C19H23N3O6S2. The van der Waals surface area contributed by atoms with Crippen LogP contribution >= 0.6 is 0 Å². The molecule has 1 heterocycles. The van der Waals surface area contributed by atoms with E-state index in [9.17, 15) is 26.9 Å². The van der Waals surface area contributed by atoms with Gasteiger partial charge in [-0.3, -0.25) is 10.1 Å². The van der Waals surface area contributed by atoms with E-state index in [0.29, 0.717) is 12.0 Å². The molecule has 0 bridgehead atoms. The second-order valence-corrected chi connectivity index (χ2v) is 11.0. The van der Waals surface area contributed by atoms with Gasteiger partial charge in [0.1, 0.15) is 0 Å². The average molecular weight is 454 g/mol. The number of aryl methyl sites for hydroxylation is 2. The number of nitro benzene ring substituents is 1. The summed E-state index contributed by atoms with van der Waals surface area (Å²) in [4.78, 5) is 10.4. The highest BCUT2D eigenvalue weighted by molar-refractivity contribution is 7.89. The normalized spacial score (nSPS) is 16.9. The Labute approximate surface area is 176 Å². The van der Waals surface area contributed by atoms with Crippen molar-refractivity contribution in [3.63, 3.8) is 0 Å². The van der Waals surface area contributed by atoms with E-state index in [0.717, 1.165) is 11.6 Å². The van der Waals surface area contributed by atoms with Crippen molar-refractivity contribution in [3.05, 3.63) is 63.7 Å². The number of nitro groups is 1. The second kappa shape index (κ2) is 8.42. The monoisotopic (exact) mass is 453 g/mol. The quantitative estimate of drug-likeness (QED) is 0.506. The van der Waals surface area contributed by atoms with E-state index in [1.165, 1.54) is 32.9 Å². The van der Waals surface area contributed by atoms with Crippen LogP contribution in [-0.2, 0) is 20.0 Å². The van der Waals surface area contributed by atoms with Crippen molar-refractivity contribution in [3.8, 4) is 0 Å². The number of hydrogen-bond acceptors (Lipinski definition) is 6. The van der Waals surface area contributed by atoms with Crippen LogP contribution in [0.4, 0.5) is 5.69 Å². The molecule has 9 nitrogen and oxygen atoms in total. The zero-order valence-corrected chi connectivity index (χ0v) is 18.3. The summed E-state index contributed by atoms with van der Waals surface area (Å²) in [5.74, 6) is 0. The minimum Gasteiger partial charge on any atom is -0.258 e. The lowest BCUT2D eigenvalue weighted by atomic mass is 10.2. The lowest BCUT2D eigenvalue weighted by molar-refractivity contribution is -0.385. The summed E-state index contributed by atoms with van der Waals surface area (Å²) < 4.78 is 54.6. The van der Waals surface area contributed by atoms with E-state index in [2.05, 4.69) is 0 Å². The smallest absolute Gasteiger partial charge is 0.258 e. The van der Waals surface area contributed by atoms with E-state index in [1.807, 2.05) is 6.92 Å². The molecule has 0 aromatic heterocycles. The molecule has 30 heavy (non-hydrogen) atoms. The zero-order valence-electron chi connectivity index (χ0n) is 16.7. The van der Waals surface area contributed by atoms with Gasteiger partial charge in [-0.1, -0.05) is 23.8 Å². The fourth-order valence-electron chi connectivity index (χ4n) is 3.33. The van der Waals surface area contributed by atoms with Crippen molar-refractivity contribution in [1.82, 2.24) is 8.61 Å². The van der Waals surface area contributed by atoms with Crippen LogP contribution in [0.2, 0.25) is 0 Å². The fraction of sp³-hybridized carbons (Fsp3) is 0.368. The van der Waals surface area contributed by atoms with Crippen molar-refractivity contribution >= 4 is 25.7 Å². The molecule has 0 spiro atoms. The van der Waals surface area contributed by atoms with Gasteiger partial charge < -0.3 is 0 Å². The minimum absolute atomic E-state index is 0.00339. The van der Waals surface area contributed by atoms with Gasteiger partial charge in [0, 0.05) is 38.3 Å². The van der Waals surface area contributed by atoms with Crippen LogP contribution in [0.5, 0.6) is 0 Å². The van der Waals surface area contributed by atoms with E-state index in [1.54, 1.807) is 19.1 Å². The third-order valence-electron chi connectivity index (χ3n) is 5.07. The fourth-order valence-corrected chi connectivity index (χ4v) is 6.51. The van der Waals surface area contributed by atoms with Gasteiger partial charge >= 0.3 is 0 Å². The van der Waals surface area contributed by atoms with E-state index in [4.69, 9.17) is 0 Å². The summed E-state index contributed by atoms with van der Waals surface area (Å²) >= 11 is 0. The van der Waals surface area contributed by atoms with E-state index < -0.39 is 25.0 Å². The lowest BCUT2D eigenvalue weighted by Crippen LogP contribution is -2.37. The van der Waals surface area contributed by atoms with Crippen molar-refractivity contribution < 1.29 is 21.8 Å². The van der Waals surface area contributed by atoms with Gasteiger partial charge in [0.05, 0.1) is 14.7 Å². The first-order chi connectivity index (χ1) is 14.0. The van der Waals surface area contributed by atoms with Crippen LogP contribution in [0.25, 0.3) is 0 Å². The number of non-ortho nitro benzene ring substituents is 1. The van der Waals surface area contributed by atoms with Crippen LogP contribution in [0.3, 0.4) is 0 Å². The Morgan fingerprint density at radius 1 is 0.833 bits per heavy atom. The van der Waals surface area contributed by atoms with Crippen molar-refractivity contribution in [1.29, 1.82) is 0 Å². The number of benzene rings is 2. The third-order valence-corrected chi connectivity index (χ3v) is 9.03. The van der Waals surface area contributed by atoms with E-state index in [-0.39, 0.29) is 41.7 Å². The summed E-state index contributed by atoms with van der Waals surface area (Å²) in [5.41, 5.74) is 1.03. The van der Waals surface area contributed by atoms with E-state index >= 15 is 0 Å². The molecule has 1 fully saturated rings. The van der Waals surface area contributed by atoms with Crippen LogP contribution in [-0.4, -0.2) is 56.5 Å². The molecule has 0 saturated carbocycles. The summed E-state index contributed by atoms with van der Waals surface area (Å²) in [6, 6.07) is 10.2. The molecule has 11 heteroatoms. The van der Waals surface area contributed by atoms with Crippen LogP contribution in [0.1, 0.15) is 17.5 Å². The number of sulfonamides is 2. The van der Waals surface area contributed by atoms with Crippen LogP contribution in [0.15, 0.2) is 52.3 Å². The van der Waals surface area contributed by atoms with Gasteiger partial charge in [0.2, 0.25) is 20.0 Å². The molecule has 2 aromatic rings. The van der Waals surface area contributed by atoms with Gasteiger partial charge in [-0.25, -0.2) is 16.8 Å². The van der Waals surface area contributed by atoms with Crippen molar-refractivity contribution in [2.75, 3.05) is 26.2 Å². The second-order valence-electron chi connectivity index (χ2n) is 7.18. The van der Waals surface area contributed by atoms with Crippen molar-refractivity contribution in [2.45, 2.75) is 30.1 Å². The topological polar surface area (TPSA) is 118 Å². The van der Waals surface area contributed by atoms with Gasteiger partial charge in [0.25, 0.3) is 5.69 Å². The predicted molar refractivity (Wildman–Crippen MR) is 111 cm³/mol. The molecule has 0 aliphatic carbocycles. The highest BCUT2D eigenvalue weighted by atomic mass is 32.2. The van der Waals surface area contributed by atoms with Gasteiger partial charge in [0.15, 0.2) is 0 Å². The summed E-state index contributed by atoms with van der Waals surface area (Å²) in [6.07, 6.45) is 0.318. The Morgan fingerprint density at radius 2 is 1.40 bits per heavy atom. The Balaban J connectivity index is 1.85. The maximum atomic E-state index is 13.1. The van der Waals surface area contributed by atoms with Crippen molar-refractivity contribution in [2.24, 2.45) is 0 Å². The standard InChI is InChI=1S/C19H23N3O6S2/c1-15-4-8-18(9-5-15)29(25,26)20-10-3-11-21(13-12-20)30(27,28)19-14-17(22(23)24)7-6-16(19)2/h4-9,14H,3,10-13H2,1-2H3. The average Bonchev–Trinajstić information content (AvgIpc) is 2.95. The Kier molecular flexibility index (Phi) is 6.27. The number of rotatable bonds is 5. The first-order valence-electron chi connectivity index (χ1n) is 9.35. The summed E-state index contributed by atoms with van der Waals surface area (Å²) in [7, 11) is -7.74.